The Morgan fingerprint density at radius 1 is 1.12 bits per heavy atom. The van der Waals surface area contributed by atoms with Crippen molar-refractivity contribution in [3.05, 3.63) is 70.9 Å². The van der Waals surface area contributed by atoms with E-state index in [4.69, 9.17) is 0 Å². The maximum Gasteiger partial charge on any atom is 0.226 e. The molecule has 1 aliphatic rings. The molecule has 1 atom stereocenters. The summed E-state index contributed by atoms with van der Waals surface area (Å²) in [6.45, 7) is 0. The molecular formula is C18H14FN3OS. The normalized spacial score (nSPS) is 16.4. The van der Waals surface area contributed by atoms with Crippen molar-refractivity contribution in [3.8, 4) is 0 Å². The van der Waals surface area contributed by atoms with E-state index in [1.165, 1.54) is 23.5 Å². The minimum Gasteiger partial charge on any atom is -0.331 e. The molecule has 4 nitrogen and oxygen atoms in total. The first-order chi connectivity index (χ1) is 11.7. The SMILES string of the molecule is O=C1C[C@H](c2ccc(F)cc2)c2sc(Nc3ccccc3)nc2N1. The van der Waals surface area contributed by atoms with Gasteiger partial charge in [0.25, 0.3) is 0 Å². The topological polar surface area (TPSA) is 54.0 Å². The first kappa shape index (κ1) is 14.8. The van der Waals surface area contributed by atoms with Gasteiger partial charge in [0.2, 0.25) is 5.91 Å². The Bertz CT molecular complexity index is 877. The Kier molecular flexibility index (Phi) is 3.74. The zero-order chi connectivity index (χ0) is 16.5. The summed E-state index contributed by atoms with van der Waals surface area (Å²) in [5, 5.41) is 6.80. The van der Waals surface area contributed by atoms with E-state index in [2.05, 4.69) is 15.6 Å². The van der Waals surface area contributed by atoms with Crippen LogP contribution in [0.15, 0.2) is 54.6 Å². The summed E-state index contributed by atoms with van der Waals surface area (Å²) >= 11 is 1.51. The number of thiazole rings is 1. The van der Waals surface area contributed by atoms with Gasteiger partial charge in [-0.2, -0.15) is 0 Å². The van der Waals surface area contributed by atoms with Crippen molar-refractivity contribution in [2.75, 3.05) is 10.6 Å². The number of nitrogens with one attached hydrogen (secondary N) is 2. The van der Waals surface area contributed by atoms with Crippen LogP contribution in [-0.4, -0.2) is 10.9 Å². The highest BCUT2D eigenvalue weighted by Gasteiger charge is 2.30. The van der Waals surface area contributed by atoms with Crippen LogP contribution in [0.4, 0.5) is 21.0 Å². The molecule has 0 unspecified atom stereocenters. The Labute approximate surface area is 142 Å². The second-order valence-electron chi connectivity index (χ2n) is 5.58. The second-order valence-corrected chi connectivity index (χ2v) is 6.61. The molecule has 1 amide bonds. The van der Waals surface area contributed by atoms with E-state index in [9.17, 15) is 9.18 Å². The zero-order valence-corrected chi connectivity index (χ0v) is 13.4. The highest BCUT2D eigenvalue weighted by atomic mass is 32.1. The number of hydrogen-bond donors (Lipinski definition) is 2. The molecule has 4 rings (SSSR count). The average Bonchev–Trinajstić information content (AvgIpc) is 2.98. The van der Waals surface area contributed by atoms with Crippen molar-refractivity contribution in [2.24, 2.45) is 0 Å². The minimum absolute atomic E-state index is 0.0756. The number of fused-ring (bicyclic) bond motifs is 1. The van der Waals surface area contributed by atoms with Gasteiger partial charge in [0.15, 0.2) is 5.13 Å². The summed E-state index contributed by atoms with van der Waals surface area (Å²) in [6.07, 6.45) is 0.339. The molecule has 3 aromatic rings. The van der Waals surface area contributed by atoms with Crippen molar-refractivity contribution in [1.82, 2.24) is 4.98 Å². The molecule has 2 heterocycles. The molecule has 0 saturated heterocycles. The summed E-state index contributed by atoms with van der Waals surface area (Å²) in [6, 6.07) is 16.0. The van der Waals surface area contributed by atoms with E-state index in [1.54, 1.807) is 12.1 Å². The fourth-order valence-corrected chi connectivity index (χ4v) is 3.85. The third kappa shape index (κ3) is 2.88. The van der Waals surface area contributed by atoms with E-state index in [-0.39, 0.29) is 17.6 Å². The van der Waals surface area contributed by atoms with Crippen molar-refractivity contribution < 1.29 is 9.18 Å². The number of halogens is 1. The Morgan fingerprint density at radius 2 is 1.88 bits per heavy atom. The monoisotopic (exact) mass is 339 g/mol. The molecule has 1 aromatic heterocycles. The van der Waals surface area contributed by atoms with Crippen LogP contribution in [0.3, 0.4) is 0 Å². The highest BCUT2D eigenvalue weighted by Crippen LogP contribution is 2.42. The Morgan fingerprint density at radius 3 is 2.62 bits per heavy atom. The molecule has 0 radical (unpaired) electrons. The van der Waals surface area contributed by atoms with E-state index >= 15 is 0 Å². The number of para-hydroxylation sites is 1. The minimum atomic E-state index is -0.282. The molecule has 0 spiro atoms. The van der Waals surface area contributed by atoms with E-state index in [1.807, 2.05) is 30.3 Å². The number of benzene rings is 2. The van der Waals surface area contributed by atoms with Crippen LogP contribution in [0.2, 0.25) is 0 Å². The fourth-order valence-electron chi connectivity index (χ4n) is 2.78. The fraction of sp³-hybridized carbons (Fsp3) is 0.111. The van der Waals surface area contributed by atoms with Crippen LogP contribution < -0.4 is 10.6 Å². The molecule has 0 aliphatic carbocycles. The van der Waals surface area contributed by atoms with E-state index < -0.39 is 0 Å². The van der Waals surface area contributed by atoms with Crippen LogP contribution in [0.5, 0.6) is 0 Å². The second kappa shape index (κ2) is 6.05. The van der Waals surface area contributed by atoms with E-state index in [0.717, 1.165) is 21.3 Å². The number of amides is 1. The third-order valence-corrected chi connectivity index (χ3v) is 5.00. The molecule has 0 bridgehead atoms. The summed E-state index contributed by atoms with van der Waals surface area (Å²) in [5.41, 5.74) is 1.86. The van der Waals surface area contributed by atoms with E-state index in [0.29, 0.717) is 12.2 Å². The summed E-state index contributed by atoms with van der Waals surface area (Å²) in [4.78, 5) is 17.5. The first-order valence-electron chi connectivity index (χ1n) is 7.57. The van der Waals surface area contributed by atoms with Gasteiger partial charge in [-0.3, -0.25) is 4.79 Å². The molecule has 1 aliphatic heterocycles. The molecule has 120 valence electrons. The number of anilines is 3. The standard InChI is InChI=1S/C18H14FN3OS/c19-12-8-6-11(7-9-12)14-10-15(23)21-17-16(14)24-18(22-17)20-13-4-2-1-3-5-13/h1-9,14H,10H2,(H,20,22)(H,21,23)/t14-/m1/s1. The lowest BCUT2D eigenvalue weighted by molar-refractivity contribution is -0.116. The number of aromatic nitrogens is 1. The summed E-state index contributed by atoms with van der Waals surface area (Å²) in [5.74, 6) is 0.130. The van der Waals surface area contributed by atoms with Crippen LogP contribution >= 0.6 is 11.3 Å². The van der Waals surface area contributed by atoms with Gasteiger partial charge in [0, 0.05) is 18.0 Å². The zero-order valence-electron chi connectivity index (χ0n) is 12.6. The molecule has 6 heteroatoms. The predicted octanol–water partition coefficient (Wildman–Crippen LogP) is 4.50. The molecule has 24 heavy (non-hydrogen) atoms. The van der Waals surface area contributed by atoms with Crippen LogP contribution in [0, 0.1) is 5.82 Å². The largest absolute Gasteiger partial charge is 0.331 e. The predicted molar refractivity (Wildman–Crippen MR) is 93.3 cm³/mol. The molecule has 2 N–H and O–H groups in total. The van der Waals surface area contributed by atoms with Crippen LogP contribution in [-0.2, 0) is 4.79 Å². The Hall–Kier alpha value is -2.73. The van der Waals surface area contributed by atoms with Gasteiger partial charge in [0.1, 0.15) is 11.6 Å². The lowest BCUT2D eigenvalue weighted by atomic mass is 9.92. The van der Waals surface area contributed by atoms with Gasteiger partial charge in [-0.25, -0.2) is 9.37 Å². The van der Waals surface area contributed by atoms with Crippen LogP contribution in [0.25, 0.3) is 0 Å². The van der Waals surface area contributed by atoms with Crippen molar-refractivity contribution >= 4 is 33.9 Å². The van der Waals surface area contributed by atoms with Crippen molar-refractivity contribution in [3.63, 3.8) is 0 Å². The maximum absolute atomic E-state index is 13.2. The molecule has 0 saturated carbocycles. The van der Waals surface area contributed by atoms with Gasteiger partial charge >= 0.3 is 0 Å². The number of nitrogens with zero attached hydrogens (tertiary/aromatic N) is 1. The smallest absolute Gasteiger partial charge is 0.226 e. The van der Waals surface area contributed by atoms with Gasteiger partial charge < -0.3 is 10.6 Å². The van der Waals surface area contributed by atoms with Gasteiger partial charge in [0.05, 0.1) is 4.88 Å². The van der Waals surface area contributed by atoms with Gasteiger partial charge in [-0.15, -0.1) is 0 Å². The molecular weight excluding hydrogens is 325 g/mol. The quantitative estimate of drug-likeness (QED) is 0.739. The van der Waals surface area contributed by atoms with Gasteiger partial charge in [-0.05, 0) is 29.8 Å². The summed E-state index contributed by atoms with van der Waals surface area (Å²) in [7, 11) is 0. The van der Waals surface area contributed by atoms with Crippen molar-refractivity contribution in [1.29, 1.82) is 0 Å². The lowest BCUT2D eigenvalue weighted by Crippen LogP contribution is -2.22. The maximum atomic E-state index is 13.2. The Balaban J connectivity index is 1.68. The number of carbonyl (C=O) groups is 1. The highest BCUT2D eigenvalue weighted by molar-refractivity contribution is 7.16. The number of carbonyl (C=O) groups excluding carboxylic acids is 1. The van der Waals surface area contributed by atoms with Gasteiger partial charge in [-0.1, -0.05) is 41.7 Å². The molecule has 0 fully saturated rings. The molecule has 2 aromatic carbocycles. The summed E-state index contributed by atoms with van der Waals surface area (Å²) < 4.78 is 13.2. The number of rotatable bonds is 3. The third-order valence-electron chi connectivity index (χ3n) is 3.91. The van der Waals surface area contributed by atoms with Crippen molar-refractivity contribution in [2.45, 2.75) is 12.3 Å². The first-order valence-corrected chi connectivity index (χ1v) is 8.39. The number of hydrogen-bond acceptors (Lipinski definition) is 4. The lowest BCUT2D eigenvalue weighted by Gasteiger charge is -2.21. The van der Waals surface area contributed by atoms with Crippen LogP contribution in [0.1, 0.15) is 22.8 Å². The average molecular weight is 339 g/mol.